The number of piperidine rings is 1. The van der Waals surface area contributed by atoms with E-state index in [1.807, 2.05) is 0 Å². The van der Waals surface area contributed by atoms with Crippen LogP contribution in [0.1, 0.15) is 25.7 Å². The van der Waals surface area contributed by atoms with Crippen molar-refractivity contribution in [2.45, 2.75) is 31.7 Å². The Bertz CT molecular complexity index is 206. The molecule has 1 saturated heterocycles. The molecule has 1 unspecified atom stereocenters. The van der Waals surface area contributed by atoms with Crippen LogP contribution in [0.5, 0.6) is 0 Å². The van der Waals surface area contributed by atoms with Crippen LogP contribution in [0, 0.1) is 0 Å². The summed E-state index contributed by atoms with van der Waals surface area (Å²) in [5, 5.41) is 0. The maximum absolute atomic E-state index is 5.49. The van der Waals surface area contributed by atoms with E-state index in [1.54, 1.807) is 0 Å². The highest BCUT2D eigenvalue weighted by Crippen LogP contribution is 2.14. The molecule has 1 atom stereocenters. The van der Waals surface area contributed by atoms with Crippen LogP contribution in [-0.4, -0.2) is 54.6 Å². The lowest BCUT2D eigenvalue weighted by molar-refractivity contribution is 0.133. The zero-order valence-corrected chi connectivity index (χ0v) is 10.7. The molecular weight excluding hydrogens is 206 g/mol. The lowest BCUT2D eigenvalue weighted by Crippen LogP contribution is -2.45. The molecule has 0 spiro atoms. The number of rotatable bonds is 5. The van der Waals surface area contributed by atoms with Gasteiger partial charge in [0.15, 0.2) is 0 Å². The molecule has 0 bridgehead atoms. The first-order chi connectivity index (χ1) is 7.09. The van der Waals surface area contributed by atoms with Crippen LogP contribution in [0.2, 0.25) is 0 Å². The molecule has 0 aromatic heterocycles. The highest BCUT2D eigenvalue weighted by atomic mass is 32.1. The number of hydrogen-bond acceptors (Lipinski definition) is 3. The second-order valence-electron chi connectivity index (χ2n) is 4.63. The standard InChI is InChI=1S/C11H23N3S/c1-13(2)10-5-3-7-14(9-10)8-4-6-11(12)15/h10H,3-9H2,1-2H3,(H2,12,15). The molecule has 88 valence electrons. The summed E-state index contributed by atoms with van der Waals surface area (Å²) in [6.07, 6.45) is 4.64. The van der Waals surface area contributed by atoms with E-state index in [2.05, 4.69) is 23.9 Å². The Balaban J connectivity index is 2.21. The van der Waals surface area contributed by atoms with Crippen molar-refractivity contribution in [1.82, 2.24) is 9.80 Å². The minimum atomic E-state index is 0.649. The second-order valence-corrected chi connectivity index (χ2v) is 5.15. The molecule has 15 heavy (non-hydrogen) atoms. The number of nitrogens with two attached hydrogens (primary N) is 1. The molecule has 1 fully saturated rings. The summed E-state index contributed by atoms with van der Waals surface area (Å²) < 4.78 is 0. The fourth-order valence-electron chi connectivity index (χ4n) is 2.13. The van der Waals surface area contributed by atoms with E-state index >= 15 is 0 Å². The Kier molecular flexibility index (Phi) is 5.50. The van der Waals surface area contributed by atoms with Crippen LogP contribution in [0.15, 0.2) is 0 Å². The van der Waals surface area contributed by atoms with E-state index < -0.39 is 0 Å². The van der Waals surface area contributed by atoms with Gasteiger partial charge in [0.2, 0.25) is 0 Å². The highest BCUT2D eigenvalue weighted by molar-refractivity contribution is 7.80. The molecule has 0 aromatic carbocycles. The zero-order chi connectivity index (χ0) is 11.3. The van der Waals surface area contributed by atoms with E-state index in [1.165, 1.54) is 25.9 Å². The lowest BCUT2D eigenvalue weighted by Gasteiger charge is -2.36. The van der Waals surface area contributed by atoms with Gasteiger partial charge in [-0.3, -0.25) is 0 Å². The van der Waals surface area contributed by atoms with Gasteiger partial charge in [0.05, 0.1) is 4.99 Å². The van der Waals surface area contributed by atoms with Gasteiger partial charge in [-0.25, -0.2) is 0 Å². The lowest BCUT2D eigenvalue weighted by atomic mass is 10.0. The molecular formula is C11H23N3S. The monoisotopic (exact) mass is 229 g/mol. The van der Waals surface area contributed by atoms with Crippen LogP contribution in [0.4, 0.5) is 0 Å². The van der Waals surface area contributed by atoms with Crippen molar-refractivity contribution in [2.75, 3.05) is 33.7 Å². The predicted octanol–water partition coefficient (Wildman–Crippen LogP) is 1.08. The largest absolute Gasteiger partial charge is 0.393 e. The third kappa shape index (κ3) is 4.91. The molecule has 0 aliphatic carbocycles. The van der Waals surface area contributed by atoms with Gasteiger partial charge >= 0.3 is 0 Å². The number of thiocarbonyl (C=S) groups is 1. The molecule has 1 aliphatic rings. The molecule has 2 N–H and O–H groups in total. The van der Waals surface area contributed by atoms with Crippen molar-refractivity contribution in [3.05, 3.63) is 0 Å². The van der Waals surface area contributed by atoms with Gasteiger partial charge in [0, 0.05) is 12.6 Å². The van der Waals surface area contributed by atoms with Crippen molar-refractivity contribution in [3.63, 3.8) is 0 Å². The third-order valence-electron chi connectivity index (χ3n) is 3.11. The van der Waals surface area contributed by atoms with Gasteiger partial charge in [-0.2, -0.15) is 0 Å². The fraction of sp³-hybridized carbons (Fsp3) is 0.909. The Morgan fingerprint density at radius 3 is 2.87 bits per heavy atom. The molecule has 0 saturated carbocycles. The first-order valence-corrected chi connectivity index (χ1v) is 6.17. The van der Waals surface area contributed by atoms with Crippen molar-refractivity contribution in [2.24, 2.45) is 5.73 Å². The van der Waals surface area contributed by atoms with Crippen molar-refractivity contribution in [3.8, 4) is 0 Å². The Hall–Kier alpha value is -0.190. The fourth-order valence-corrected chi connectivity index (χ4v) is 2.28. The third-order valence-corrected chi connectivity index (χ3v) is 3.31. The van der Waals surface area contributed by atoms with Crippen LogP contribution >= 0.6 is 12.2 Å². The summed E-state index contributed by atoms with van der Waals surface area (Å²) >= 11 is 4.88. The van der Waals surface area contributed by atoms with Crippen LogP contribution < -0.4 is 5.73 Å². The van der Waals surface area contributed by atoms with Gasteiger partial charge in [0.25, 0.3) is 0 Å². The summed E-state index contributed by atoms with van der Waals surface area (Å²) in [4.78, 5) is 5.52. The maximum atomic E-state index is 5.49. The predicted molar refractivity (Wildman–Crippen MR) is 69.2 cm³/mol. The molecule has 3 nitrogen and oxygen atoms in total. The van der Waals surface area contributed by atoms with E-state index in [0.717, 1.165) is 25.4 Å². The summed E-state index contributed by atoms with van der Waals surface area (Å²) in [6.45, 7) is 3.58. The topological polar surface area (TPSA) is 32.5 Å². The second kappa shape index (κ2) is 6.40. The molecule has 0 radical (unpaired) electrons. The average molecular weight is 229 g/mol. The van der Waals surface area contributed by atoms with E-state index in [-0.39, 0.29) is 0 Å². The Morgan fingerprint density at radius 2 is 2.27 bits per heavy atom. The number of likely N-dealkylation sites (N-methyl/N-ethyl adjacent to an activating group) is 1. The highest BCUT2D eigenvalue weighted by Gasteiger charge is 2.20. The van der Waals surface area contributed by atoms with Gasteiger partial charge in [-0.05, 0) is 52.9 Å². The molecule has 0 amide bonds. The van der Waals surface area contributed by atoms with Crippen molar-refractivity contribution in [1.29, 1.82) is 0 Å². The average Bonchev–Trinajstić information content (AvgIpc) is 2.17. The maximum Gasteiger partial charge on any atom is 0.0727 e. The SMILES string of the molecule is CN(C)C1CCCN(CCCC(N)=S)C1. The van der Waals surface area contributed by atoms with E-state index in [0.29, 0.717) is 4.99 Å². The quantitative estimate of drug-likeness (QED) is 0.715. The van der Waals surface area contributed by atoms with Crippen molar-refractivity contribution >= 4 is 17.2 Å². The number of likely N-dealkylation sites (tertiary alicyclic amines) is 1. The van der Waals surface area contributed by atoms with Crippen molar-refractivity contribution < 1.29 is 0 Å². The van der Waals surface area contributed by atoms with Gasteiger partial charge in [-0.1, -0.05) is 12.2 Å². The van der Waals surface area contributed by atoms with Crippen LogP contribution in [0.3, 0.4) is 0 Å². The normalized spacial score (nSPS) is 23.3. The molecule has 0 aromatic rings. The minimum Gasteiger partial charge on any atom is -0.393 e. The first-order valence-electron chi connectivity index (χ1n) is 5.76. The van der Waals surface area contributed by atoms with Gasteiger partial charge in [-0.15, -0.1) is 0 Å². The van der Waals surface area contributed by atoms with Crippen LogP contribution in [0.25, 0.3) is 0 Å². The summed E-state index contributed by atoms with van der Waals surface area (Å²) in [5.74, 6) is 0. The smallest absolute Gasteiger partial charge is 0.0727 e. The minimum absolute atomic E-state index is 0.649. The summed E-state index contributed by atoms with van der Waals surface area (Å²) in [5.41, 5.74) is 5.49. The van der Waals surface area contributed by atoms with Gasteiger partial charge < -0.3 is 15.5 Å². The Morgan fingerprint density at radius 1 is 1.53 bits per heavy atom. The molecule has 4 heteroatoms. The molecule has 1 rings (SSSR count). The van der Waals surface area contributed by atoms with E-state index in [9.17, 15) is 0 Å². The number of hydrogen-bond donors (Lipinski definition) is 1. The zero-order valence-electron chi connectivity index (χ0n) is 9.91. The first kappa shape index (κ1) is 12.9. The van der Waals surface area contributed by atoms with Gasteiger partial charge in [0.1, 0.15) is 0 Å². The van der Waals surface area contributed by atoms with E-state index in [4.69, 9.17) is 18.0 Å². The summed E-state index contributed by atoms with van der Waals surface area (Å²) in [6, 6.07) is 0.726. The van der Waals surface area contributed by atoms with Crippen LogP contribution in [-0.2, 0) is 0 Å². The Labute approximate surface area is 98.6 Å². The molecule has 1 heterocycles. The molecule has 1 aliphatic heterocycles. The number of nitrogens with zero attached hydrogens (tertiary/aromatic N) is 2. The summed E-state index contributed by atoms with van der Waals surface area (Å²) in [7, 11) is 4.34.